The molecule has 0 fully saturated rings. The fraction of sp³-hybridized carbons (Fsp3) is 0.212. The Bertz CT molecular complexity index is 1810. The van der Waals surface area contributed by atoms with E-state index in [0.717, 1.165) is 45.8 Å². The lowest BCUT2D eigenvalue weighted by molar-refractivity contribution is -0.115. The molecule has 40 heavy (non-hydrogen) atoms. The summed E-state index contributed by atoms with van der Waals surface area (Å²) in [6.45, 7) is 1.50. The van der Waals surface area contributed by atoms with Crippen LogP contribution in [0.5, 0.6) is 0 Å². The van der Waals surface area contributed by atoms with E-state index >= 15 is 0 Å². The molecule has 2 heterocycles. The second-order valence-corrected chi connectivity index (χ2v) is 10.4. The molecule has 0 aliphatic heterocycles. The molecule has 0 radical (unpaired) electrons. The molecule has 2 aliphatic rings. The zero-order valence-electron chi connectivity index (χ0n) is 22.1. The summed E-state index contributed by atoms with van der Waals surface area (Å²) in [5.74, 6) is -0.206. The predicted molar refractivity (Wildman–Crippen MR) is 159 cm³/mol. The first-order valence-corrected chi connectivity index (χ1v) is 13.9. The molecule has 0 spiro atoms. The summed E-state index contributed by atoms with van der Waals surface area (Å²) in [5, 5.41) is 12.8. The van der Waals surface area contributed by atoms with Gasteiger partial charge in [0.05, 0.1) is 17.8 Å². The number of nitrogens with zero attached hydrogens (tertiary/aromatic N) is 2. The summed E-state index contributed by atoms with van der Waals surface area (Å²) in [5.41, 5.74) is 8.14. The fourth-order valence-corrected chi connectivity index (χ4v) is 6.04. The van der Waals surface area contributed by atoms with Crippen LogP contribution in [0, 0.1) is 0 Å². The van der Waals surface area contributed by atoms with E-state index in [1.54, 1.807) is 12.3 Å². The Balaban J connectivity index is 0.992. The first-order valence-electron chi connectivity index (χ1n) is 13.9. The molecule has 0 atom stereocenters. The van der Waals surface area contributed by atoms with Gasteiger partial charge in [0.15, 0.2) is 5.78 Å². The Hall–Kier alpha value is -4.62. The van der Waals surface area contributed by atoms with Gasteiger partial charge in [-0.2, -0.15) is 0 Å². The number of carbonyl (C=O) groups is 2. The Morgan fingerprint density at radius 3 is 2.73 bits per heavy atom. The van der Waals surface area contributed by atoms with E-state index in [-0.39, 0.29) is 18.2 Å². The third-order valence-electron chi connectivity index (χ3n) is 7.90. The summed E-state index contributed by atoms with van der Waals surface area (Å²) in [6, 6.07) is 21.4. The largest absolute Gasteiger partial charge is 0.383 e. The molecule has 0 saturated carbocycles. The van der Waals surface area contributed by atoms with Crippen LogP contribution in [0.3, 0.4) is 0 Å². The number of aromatic nitrogens is 2. The molecule has 3 aromatic carbocycles. The van der Waals surface area contributed by atoms with E-state index in [1.165, 1.54) is 29.8 Å². The summed E-state index contributed by atoms with van der Waals surface area (Å²) in [7, 11) is 0. The Kier molecular flexibility index (Phi) is 6.21. The van der Waals surface area contributed by atoms with Gasteiger partial charge < -0.3 is 16.0 Å². The molecule has 0 saturated heterocycles. The van der Waals surface area contributed by atoms with Crippen LogP contribution in [0.1, 0.15) is 40.0 Å². The summed E-state index contributed by atoms with van der Waals surface area (Å²) in [4.78, 5) is 35.5. The van der Waals surface area contributed by atoms with Gasteiger partial charge in [0.2, 0.25) is 5.91 Å². The van der Waals surface area contributed by atoms with Gasteiger partial charge in [-0.05, 0) is 67.0 Å². The van der Waals surface area contributed by atoms with Gasteiger partial charge >= 0.3 is 0 Å². The lowest BCUT2D eigenvalue weighted by Crippen LogP contribution is -2.31. The number of carbonyl (C=O) groups excluding carboxylic acids is 2. The average molecular weight is 528 g/mol. The van der Waals surface area contributed by atoms with Crippen molar-refractivity contribution in [3.05, 3.63) is 95.3 Å². The van der Waals surface area contributed by atoms with E-state index in [4.69, 9.17) is 4.98 Å². The van der Waals surface area contributed by atoms with Gasteiger partial charge in [-0.25, -0.2) is 0 Å². The molecule has 7 nitrogen and oxygen atoms in total. The van der Waals surface area contributed by atoms with Crippen LogP contribution in [-0.2, 0) is 17.6 Å². The van der Waals surface area contributed by atoms with Crippen LogP contribution >= 0.6 is 0 Å². The van der Waals surface area contributed by atoms with Crippen molar-refractivity contribution in [1.82, 2.24) is 15.3 Å². The van der Waals surface area contributed by atoms with E-state index in [1.807, 2.05) is 42.5 Å². The van der Waals surface area contributed by atoms with Crippen molar-refractivity contribution in [3.8, 4) is 11.3 Å². The molecule has 0 unspecified atom stereocenters. The van der Waals surface area contributed by atoms with Gasteiger partial charge in [-0.15, -0.1) is 0 Å². The monoisotopic (exact) mass is 527 g/mol. The molecular weight excluding hydrogens is 498 g/mol. The molecule has 198 valence electrons. The number of nitrogens with one attached hydrogen (secondary N) is 3. The molecule has 5 aromatic rings. The van der Waals surface area contributed by atoms with Gasteiger partial charge in [-0.3, -0.25) is 19.6 Å². The molecule has 7 heteroatoms. The minimum absolute atomic E-state index is 0.0489. The van der Waals surface area contributed by atoms with Gasteiger partial charge in [-0.1, -0.05) is 36.4 Å². The minimum Gasteiger partial charge on any atom is -0.383 e. The summed E-state index contributed by atoms with van der Waals surface area (Å²) >= 11 is 0. The summed E-state index contributed by atoms with van der Waals surface area (Å²) < 4.78 is 0. The highest BCUT2D eigenvalue weighted by Crippen LogP contribution is 2.39. The first kappa shape index (κ1) is 24.4. The number of amides is 1. The number of pyridine rings is 2. The normalized spacial score (nSPS) is 13.7. The quantitative estimate of drug-likeness (QED) is 0.237. The summed E-state index contributed by atoms with van der Waals surface area (Å²) in [6.07, 6.45) is 6.22. The minimum atomic E-state index is -0.157. The topological polar surface area (TPSA) is 96.0 Å². The molecular formula is C33H29N5O2. The van der Waals surface area contributed by atoms with Crippen molar-refractivity contribution < 1.29 is 9.59 Å². The van der Waals surface area contributed by atoms with Gasteiger partial charge in [0.1, 0.15) is 0 Å². The number of rotatable bonds is 7. The number of fused-ring (bicyclic) bond motifs is 4. The number of anilines is 2. The lowest BCUT2D eigenvalue weighted by atomic mass is 9.85. The van der Waals surface area contributed by atoms with E-state index < -0.39 is 0 Å². The highest BCUT2D eigenvalue weighted by molar-refractivity contribution is 6.25. The average Bonchev–Trinajstić information content (AvgIpc) is 2.99. The third kappa shape index (κ3) is 4.28. The Morgan fingerprint density at radius 1 is 0.875 bits per heavy atom. The molecule has 2 aliphatic carbocycles. The zero-order chi connectivity index (χ0) is 27.1. The highest BCUT2D eigenvalue weighted by atomic mass is 16.2. The van der Waals surface area contributed by atoms with Crippen LogP contribution < -0.4 is 16.0 Å². The van der Waals surface area contributed by atoms with Crippen molar-refractivity contribution >= 4 is 44.7 Å². The van der Waals surface area contributed by atoms with Gasteiger partial charge in [0.25, 0.3) is 0 Å². The molecule has 7 rings (SSSR count). The van der Waals surface area contributed by atoms with Crippen molar-refractivity contribution in [1.29, 1.82) is 0 Å². The second kappa shape index (κ2) is 10.2. The number of benzene rings is 3. The van der Waals surface area contributed by atoms with Crippen LogP contribution in [0.4, 0.5) is 11.4 Å². The van der Waals surface area contributed by atoms with Crippen LogP contribution in [0.15, 0.2) is 72.9 Å². The maximum atomic E-state index is 13.3. The number of ketones is 1. The smallest absolute Gasteiger partial charge is 0.238 e. The Labute approximate surface area is 232 Å². The van der Waals surface area contributed by atoms with Crippen molar-refractivity contribution in [2.75, 3.05) is 30.3 Å². The molecule has 2 aromatic heterocycles. The molecule has 1 amide bonds. The fourth-order valence-electron chi connectivity index (χ4n) is 6.04. The van der Waals surface area contributed by atoms with Crippen LogP contribution in [-0.4, -0.2) is 41.3 Å². The van der Waals surface area contributed by atoms with E-state index in [9.17, 15) is 9.59 Å². The van der Waals surface area contributed by atoms with E-state index in [2.05, 4.69) is 39.1 Å². The van der Waals surface area contributed by atoms with Crippen molar-refractivity contribution in [2.24, 2.45) is 0 Å². The maximum Gasteiger partial charge on any atom is 0.238 e. The van der Waals surface area contributed by atoms with Crippen LogP contribution in [0.25, 0.3) is 32.9 Å². The van der Waals surface area contributed by atoms with Crippen LogP contribution in [0.2, 0.25) is 0 Å². The maximum absolute atomic E-state index is 13.3. The first-order chi connectivity index (χ1) is 19.7. The van der Waals surface area contributed by atoms with Gasteiger partial charge in [0, 0.05) is 63.8 Å². The van der Waals surface area contributed by atoms with E-state index in [0.29, 0.717) is 29.9 Å². The second-order valence-electron chi connectivity index (χ2n) is 10.4. The SMILES string of the molecule is O=C(CNCCNc1c2c(nc3ccccc13)CCCC2)Nc1ccc2c(c1)C(=O)c1cccc3ccnc-2c13. The molecule has 3 N–H and O–H groups in total. The number of aryl methyl sites for hydroxylation is 1. The number of hydrogen-bond acceptors (Lipinski definition) is 6. The van der Waals surface area contributed by atoms with Crippen molar-refractivity contribution in [2.45, 2.75) is 25.7 Å². The Morgan fingerprint density at radius 2 is 1.77 bits per heavy atom. The van der Waals surface area contributed by atoms with Crippen molar-refractivity contribution in [3.63, 3.8) is 0 Å². The predicted octanol–water partition coefficient (Wildman–Crippen LogP) is 5.51. The molecule has 0 bridgehead atoms. The number of hydrogen-bond donors (Lipinski definition) is 3. The zero-order valence-corrected chi connectivity index (χ0v) is 22.1. The number of para-hydroxylation sites is 1. The lowest BCUT2D eigenvalue weighted by Gasteiger charge is -2.21. The third-order valence-corrected chi connectivity index (χ3v) is 7.90. The standard InChI is InChI=1S/C33H29N5O2/c39-29(19-34-16-17-36-31-23-7-1-3-10-27(23)38-28-11-4-2-8-24(28)31)37-21-12-13-22-26(18-21)33(40)25-9-5-6-20-14-15-35-32(22)30(20)25/h1,3,5-7,9-10,12-15,18,34H,2,4,8,11,16-17,19H2,(H,36,38)(H,37,39). The highest BCUT2D eigenvalue weighted by Gasteiger charge is 2.26.